The van der Waals surface area contributed by atoms with Gasteiger partial charge < -0.3 is 19.9 Å². The van der Waals surface area contributed by atoms with E-state index in [0.717, 1.165) is 27.5 Å². The number of hydrogen-bond donors (Lipinski definition) is 2. The van der Waals surface area contributed by atoms with Crippen LogP contribution in [0.2, 0.25) is 0 Å². The van der Waals surface area contributed by atoms with Crippen LogP contribution in [-0.4, -0.2) is 42.0 Å². The van der Waals surface area contributed by atoms with Crippen molar-refractivity contribution in [3.05, 3.63) is 53.3 Å². The molecule has 1 atom stereocenters. The third-order valence-electron chi connectivity index (χ3n) is 5.27. The number of hydrogen-bond acceptors (Lipinski definition) is 5. The van der Waals surface area contributed by atoms with Gasteiger partial charge in [-0.15, -0.1) is 11.3 Å². The zero-order valence-corrected chi connectivity index (χ0v) is 17.8. The number of aryl methyl sites for hydroxylation is 1. The number of rotatable bonds is 7. The molecule has 0 bridgehead atoms. The van der Waals surface area contributed by atoms with Crippen molar-refractivity contribution in [2.75, 3.05) is 25.1 Å². The van der Waals surface area contributed by atoms with Gasteiger partial charge in [0.1, 0.15) is 11.4 Å². The van der Waals surface area contributed by atoms with Crippen molar-refractivity contribution in [1.82, 2.24) is 15.3 Å². The number of anilines is 1. The number of methoxy groups -OCH3 is 1. The lowest BCUT2D eigenvalue weighted by Gasteiger charge is -2.20. The number of imidazole rings is 1. The SMILES string of the molecule is COc1ccc(C)cc1N1CC(C(=O)NCCc2[nH]cnc2-c2cccs2)CC1=O. The Morgan fingerprint density at radius 1 is 1.40 bits per heavy atom. The van der Waals surface area contributed by atoms with E-state index in [0.29, 0.717) is 25.3 Å². The van der Waals surface area contributed by atoms with Crippen LogP contribution in [0.4, 0.5) is 5.69 Å². The third kappa shape index (κ3) is 4.09. The Balaban J connectivity index is 1.36. The minimum Gasteiger partial charge on any atom is -0.495 e. The molecule has 8 heteroatoms. The van der Waals surface area contributed by atoms with Crippen LogP contribution in [0.15, 0.2) is 42.0 Å². The molecule has 0 saturated carbocycles. The Bertz CT molecular complexity index is 1040. The second kappa shape index (κ2) is 8.71. The van der Waals surface area contributed by atoms with Gasteiger partial charge in [-0.05, 0) is 36.1 Å². The van der Waals surface area contributed by atoms with Gasteiger partial charge in [0.15, 0.2) is 0 Å². The highest BCUT2D eigenvalue weighted by molar-refractivity contribution is 7.13. The Kier molecular flexibility index (Phi) is 5.85. The van der Waals surface area contributed by atoms with Gasteiger partial charge in [-0.3, -0.25) is 9.59 Å². The number of nitrogens with zero attached hydrogens (tertiary/aromatic N) is 2. The molecule has 0 spiro atoms. The molecule has 30 heavy (non-hydrogen) atoms. The molecule has 0 radical (unpaired) electrons. The van der Waals surface area contributed by atoms with E-state index in [-0.39, 0.29) is 24.2 Å². The second-order valence-corrected chi connectivity index (χ2v) is 8.28. The summed E-state index contributed by atoms with van der Waals surface area (Å²) in [6.07, 6.45) is 2.53. The van der Waals surface area contributed by atoms with Crippen LogP contribution in [-0.2, 0) is 16.0 Å². The predicted octanol–water partition coefficient (Wildman–Crippen LogP) is 3.17. The Labute approximate surface area is 179 Å². The fraction of sp³-hybridized carbons (Fsp3) is 0.318. The van der Waals surface area contributed by atoms with Gasteiger partial charge in [-0.1, -0.05) is 12.1 Å². The zero-order valence-electron chi connectivity index (χ0n) is 17.0. The standard InChI is InChI=1S/C22H24N4O3S/c1-14-5-6-18(29-2)17(10-14)26-12-15(11-20(26)27)22(28)23-8-7-16-21(25-13-24-16)19-4-3-9-30-19/h3-6,9-10,13,15H,7-8,11-12H2,1-2H3,(H,23,28)(H,24,25). The van der Waals surface area contributed by atoms with Crippen LogP contribution in [0, 0.1) is 12.8 Å². The molecule has 3 aromatic rings. The molecule has 1 aliphatic heterocycles. The predicted molar refractivity (Wildman–Crippen MR) is 117 cm³/mol. The summed E-state index contributed by atoms with van der Waals surface area (Å²) in [7, 11) is 1.58. The maximum atomic E-state index is 12.7. The number of H-pyrrole nitrogens is 1. The van der Waals surface area contributed by atoms with Gasteiger partial charge in [0, 0.05) is 31.6 Å². The first kappa shape index (κ1) is 20.2. The number of benzene rings is 1. The quantitative estimate of drug-likeness (QED) is 0.610. The van der Waals surface area contributed by atoms with E-state index in [1.165, 1.54) is 0 Å². The van der Waals surface area contributed by atoms with E-state index >= 15 is 0 Å². The molecule has 1 aromatic carbocycles. The molecule has 7 nitrogen and oxygen atoms in total. The molecule has 4 rings (SSSR count). The maximum Gasteiger partial charge on any atom is 0.227 e. The summed E-state index contributed by atoms with van der Waals surface area (Å²) < 4.78 is 5.40. The second-order valence-electron chi connectivity index (χ2n) is 7.33. The zero-order chi connectivity index (χ0) is 21.1. The lowest BCUT2D eigenvalue weighted by atomic mass is 10.1. The molecule has 1 saturated heterocycles. The highest BCUT2D eigenvalue weighted by Gasteiger charge is 2.36. The molecule has 2 aromatic heterocycles. The van der Waals surface area contributed by atoms with E-state index in [1.54, 1.807) is 29.7 Å². The van der Waals surface area contributed by atoms with Gasteiger partial charge in [0.25, 0.3) is 0 Å². The number of carbonyl (C=O) groups excluding carboxylic acids is 2. The fourth-order valence-electron chi connectivity index (χ4n) is 3.72. The van der Waals surface area contributed by atoms with Crippen molar-refractivity contribution >= 4 is 28.8 Å². The van der Waals surface area contributed by atoms with E-state index in [9.17, 15) is 9.59 Å². The Morgan fingerprint density at radius 3 is 3.03 bits per heavy atom. The monoisotopic (exact) mass is 424 g/mol. The molecule has 2 N–H and O–H groups in total. The van der Waals surface area contributed by atoms with Crippen molar-refractivity contribution in [1.29, 1.82) is 0 Å². The number of thiophene rings is 1. The summed E-state index contributed by atoms with van der Waals surface area (Å²) in [5.41, 5.74) is 3.67. The van der Waals surface area contributed by atoms with Gasteiger partial charge >= 0.3 is 0 Å². The van der Waals surface area contributed by atoms with Gasteiger partial charge in [-0.25, -0.2) is 4.98 Å². The van der Waals surface area contributed by atoms with Crippen LogP contribution >= 0.6 is 11.3 Å². The summed E-state index contributed by atoms with van der Waals surface area (Å²) in [5.74, 6) is 0.0962. The van der Waals surface area contributed by atoms with Crippen LogP contribution < -0.4 is 15.0 Å². The smallest absolute Gasteiger partial charge is 0.227 e. The summed E-state index contributed by atoms with van der Waals surface area (Å²) in [4.78, 5) is 35.6. The lowest BCUT2D eigenvalue weighted by molar-refractivity contribution is -0.126. The molecule has 1 unspecified atom stereocenters. The van der Waals surface area contributed by atoms with Crippen molar-refractivity contribution in [2.24, 2.45) is 5.92 Å². The number of nitrogens with one attached hydrogen (secondary N) is 2. The number of aromatic nitrogens is 2. The lowest BCUT2D eigenvalue weighted by Crippen LogP contribution is -2.34. The van der Waals surface area contributed by atoms with Gasteiger partial charge in [-0.2, -0.15) is 0 Å². The van der Waals surface area contributed by atoms with Crippen molar-refractivity contribution in [3.63, 3.8) is 0 Å². The number of carbonyl (C=O) groups is 2. The average molecular weight is 425 g/mol. The molecular formula is C22H24N4O3S. The molecule has 1 aliphatic rings. The van der Waals surface area contributed by atoms with Gasteiger partial charge in [0.05, 0.1) is 29.9 Å². The third-order valence-corrected chi connectivity index (χ3v) is 6.14. The highest BCUT2D eigenvalue weighted by Crippen LogP contribution is 2.34. The highest BCUT2D eigenvalue weighted by atomic mass is 32.1. The maximum absolute atomic E-state index is 12.7. The van der Waals surface area contributed by atoms with E-state index < -0.39 is 0 Å². The van der Waals surface area contributed by atoms with Crippen LogP contribution in [0.25, 0.3) is 10.6 Å². The summed E-state index contributed by atoms with van der Waals surface area (Å²) in [6.45, 7) is 2.81. The average Bonchev–Trinajstić information content (AvgIpc) is 3.48. The van der Waals surface area contributed by atoms with Crippen molar-refractivity contribution in [3.8, 4) is 16.3 Å². The molecule has 1 fully saturated rings. The minimum atomic E-state index is -0.374. The molecule has 0 aliphatic carbocycles. The van der Waals surface area contributed by atoms with Crippen molar-refractivity contribution in [2.45, 2.75) is 19.8 Å². The van der Waals surface area contributed by atoms with Gasteiger partial charge in [0.2, 0.25) is 11.8 Å². The normalized spacial score (nSPS) is 16.1. The Hall–Kier alpha value is -3.13. The minimum absolute atomic E-state index is 0.0624. The molecule has 2 amide bonds. The van der Waals surface area contributed by atoms with Crippen LogP contribution in [0.3, 0.4) is 0 Å². The summed E-state index contributed by atoms with van der Waals surface area (Å²) in [5, 5.41) is 4.99. The Morgan fingerprint density at radius 2 is 2.27 bits per heavy atom. The summed E-state index contributed by atoms with van der Waals surface area (Å²) in [6, 6.07) is 9.72. The first-order chi connectivity index (χ1) is 14.6. The fourth-order valence-corrected chi connectivity index (χ4v) is 4.47. The number of amides is 2. The number of aromatic amines is 1. The largest absolute Gasteiger partial charge is 0.495 e. The topological polar surface area (TPSA) is 87.3 Å². The first-order valence-electron chi connectivity index (χ1n) is 9.85. The molecule has 156 valence electrons. The molecule has 3 heterocycles. The first-order valence-corrected chi connectivity index (χ1v) is 10.7. The summed E-state index contributed by atoms with van der Waals surface area (Å²) >= 11 is 1.63. The van der Waals surface area contributed by atoms with E-state index in [2.05, 4.69) is 15.3 Å². The number of ether oxygens (including phenoxy) is 1. The van der Waals surface area contributed by atoms with Crippen LogP contribution in [0.5, 0.6) is 5.75 Å². The van der Waals surface area contributed by atoms with E-state index in [1.807, 2.05) is 42.6 Å². The molecular weight excluding hydrogens is 400 g/mol. The van der Waals surface area contributed by atoms with Crippen molar-refractivity contribution < 1.29 is 14.3 Å². The van der Waals surface area contributed by atoms with Crippen LogP contribution in [0.1, 0.15) is 17.7 Å². The van der Waals surface area contributed by atoms with E-state index in [4.69, 9.17) is 4.74 Å².